The van der Waals surface area contributed by atoms with Gasteiger partial charge >= 0.3 is 5.97 Å². The molecule has 1 aromatic carbocycles. The fourth-order valence-electron chi connectivity index (χ4n) is 1.03. The largest absolute Gasteiger partial charge is 0.507 e. The molecule has 1 N–H and O–H groups in total. The van der Waals surface area contributed by atoms with Gasteiger partial charge in [0.1, 0.15) is 18.0 Å². The monoisotopic (exact) mass is 212 g/mol. The molecule has 0 bridgehead atoms. The molecule has 5 heteroatoms. The average Bonchev–Trinajstić information content (AvgIpc) is 2.21. The van der Waals surface area contributed by atoms with E-state index in [9.17, 15) is 19.1 Å². The number of carbonyl (C=O) groups is 2. The highest BCUT2D eigenvalue weighted by atomic mass is 19.1. The molecule has 80 valence electrons. The Hall–Kier alpha value is -1.91. The first-order valence-corrected chi connectivity index (χ1v) is 4.13. The highest BCUT2D eigenvalue weighted by Gasteiger charge is 2.16. The van der Waals surface area contributed by atoms with Crippen molar-refractivity contribution in [3.05, 3.63) is 29.6 Å². The van der Waals surface area contributed by atoms with Gasteiger partial charge in [-0.2, -0.15) is 0 Å². The van der Waals surface area contributed by atoms with Crippen LogP contribution in [0.25, 0.3) is 0 Å². The summed E-state index contributed by atoms with van der Waals surface area (Å²) in [6, 6.07) is 2.95. The molecule has 0 aromatic heterocycles. The lowest BCUT2D eigenvalue weighted by Gasteiger charge is -2.02. The highest BCUT2D eigenvalue weighted by Crippen LogP contribution is 2.19. The van der Waals surface area contributed by atoms with Crippen molar-refractivity contribution in [3.8, 4) is 5.75 Å². The second-order valence-corrected chi connectivity index (χ2v) is 2.84. The van der Waals surface area contributed by atoms with Gasteiger partial charge in [-0.1, -0.05) is 0 Å². The van der Waals surface area contributed by atoms with Crippen molar-refractivity contribution in [1.29, 1.82) is 0 Å². The van der Waals surface area contributed by atoms with Crippen LogP contribution in [0.1, 0.15) is 16.8 Å². The summed E-state index contributed by atoms with van der Waals surface area (Å²) < 4.78 is 17.0. The zero-order valence-electron chi connectivity index (χ0n) is 7.99. The van der Waals surface area contributed by atoms with Crippen molar-refractivity contribution < 1.29 is 23.8 Å². The Bertz CT molecular complexity index is 400. The highest BCUT2D eigenvalue weighted by molar-refractivity contribution is 6.07. The molecule has 4 nitrogen and oxygen atoms in total. The summed E-state index contributed by atoms with van der Waals surface area (Å²) in [5, 5.41) is 9.25. The minimum atomic E-state index is -0.733. The van der Waals surface area contributed by atoms with Gasteiger partial charge in [-0.05, 0) is 18.2 Å². The first kappa shape index (κ1) is 11.2. The van der Waals surface area contributed by atoms with E-state index in [1.165, 1.54) is 0 Å². The van der Waals surface area contributed by atoms with Crippen LogP contribution in [0.15, 0.2) is 18.2 Å². The molecular formula is C10H9FO4. The van der Waals surface area contributed by atoms with E-state index >= 15 is 0 Å². The van der Waals surface area contributed by atoms with Crippen molar-refractivity contribution in [2.45, 2.75) is 6.42 Å². The molecule has 0 unspecified atom stereocenters. The number of esters is 1. The van der Waals surface area contributed by atoms with Gasteiger partial charge < -0.3 is 9.84 Å². The number of methoxy groups -OCH3 is 1. The third kappa shape index (κ3) is 2.77. The maximum absolute atomic E-state index is 12.7. The Labute approximate surface area is 85.3 Å². The Morgan fingerprint density at radius 3 is 2.73 bits per heavy atom. The quantitative estimate of drug-likeness (QED) is 0.465. The Balaban J connectivity index is 2.91. The molecule has 0 atom stereocenters. The van der Waals surface area contributed by atoms with E-state index in [4.69, 9.17) is 0 Å². The van der Waals surface area contributed by atoms with Crippen LogP contribution in [0, 0.1) is 5.82 Å². The van der Waals surface area contributed by atoms with E-state index in [-0.39, 0.29) is 11.3 Å². The molecule has 1 rings (SSSR count). The first-order chi connectivity index (χ1) is 7.04. The van der Waals surface area contributed by atoms with Crippen LogP contribution in [0.2, 0.25) is 0 Å². The second kappa shape index (κ2) is 4.54. The predicted octanol–water partition coefficient (Wildman–Crippen LogP) is 1.28. The standard InChI is InChI=1S/C10H9FO4/c1-15-10(14)5-9(13)7-4-6(11)2-3-8(7)12/h2-4,12H,5H2,1H3. The molecule has 15 heavy (non-hydrogen) atoms. The molecule has 0 aliphatic heterocycles. The van der Waals surface area contributed by atoms with Crippen LogP contribution in [0.5, 0.6) is 5.75 Å². The third-order valence-corrected chi connectivity index (χ3v) is 1.79. The number of carbonyl (C=O) groups excluding carboxylic acids is 2. The molecule has 0 radical (unpaired) electrons. The van der Waals surface area contributed by atoms with E-state index < -0.39 is 24.0 Å². The lowest BCUT2D eigenvalue weighted by atomic mass is 10.1. The van der Waals surface area contributed by atoms with Crippen LogP contribution in [0.4, 0.5) is 4.39 Å². The summed E-state index contributed by atoms with van der Waals surface area (Å²) in [6.07, 6.45) is -0.520. The van der Waals surface area contributed by atoms with E-state index in [1.54, 1.807) is 0 Å². The topological polar surface area (TPSA) is 63.6 Å². The molecule has 0 saturated carbocycles. The number of hydrogen-bond donors (Lipinski definition) is 1. The van der Waals surface area contributed by atoms with E-state index in [1.807, 2.05) is 0 Å². The van der Waals surface area contributed by atoms with Gasteiger partial charge in [0, 0.05) is 0 Å². The van der Waals surface area contributed by atoms with Crippen LogP contribution in [-0.4, -0.2) is 24.0 Å². The summed E-state index contributed by atoms with van der Waals surface area (Å²) >= 11 is 0. The molecule has 0 aliphatic carbocycles. The Morgan fingerprint density at radius 2 is 2.13 bits per heavy atom. The van der Waals surface area contributed by atoms with E-state index in [0.717, 1.165) is 25.3 Å². The first-order valence-electron chi connectivity index (χ1n) is 4.13. The number of rotatable bonds is 3. The van der Waals surface area contributed by atoms with Crippen molar-refractivity contribution in [1.82, 2.24) is 0 Å². The predicted molar refractivity (Wildman–Crippen MR) is 49.0 cm³/mol. The molecule has 0 amide bonds. The molecule has 0 heterocycles. The molecular weight excluding hydrogens is 203 g/mol. The lowest BCUT2D eigenvalue weighted by molar-refractivity contribution is -0.139. The lowest BCUT2D eigenvalue weighted by Crippen LogP contribution is -2.09. The zero-order valence-corrected chi connectivity index (χ0v) is 7.99. The van der Waals surface area contributed by atoms with Crippen LogP contribution in [0.3, 0.4) is 0 Å². The van der Waals surface area contributed by atoms with Gasteiger partial charge in [-0.25, -0.2) is 4.39 Å². The number of Topliss-reactive ketones (excluding diaryl/α,β-unsaturated/α-hetero) is 1. The summed E-state index contributed by atoms with van der Waals surface area (Å²) in [4.78, 5) is 22.1. The molecule has 1 aromatic rings. The van der Waals surface area contributed by atoms with Crippen molar-refractivity contribution >= 4 is 11.8 Å². The second-order valence-electron chi connectivity index (χ2n) is 2.84. The smallest absolute Gasteiger partial charge is 0.313 e. The van der Waals surface area contributed by atoms with Crippen LogP contribution >= 0.6 is 0 Å². The average molecular weight is 212 g/mol. The third-order valence-electron chi connectivity index (χ3n) is 1.79. The number of hydrogen-bond acceptors (Lipinski definition) is 4. The number of ether oxygens (including phenoxy) is 1. The van der Waals surface area contributed by atoms with Gasteiger partial charge in [-0.3, -0.25) is 9.59 Å². The van der Waals surface area contributed by atoms with Crippen molar-refractivity contribution in [2.24, 2.45) is 0 Å². The number of benzene rings is 1. The number of ketones is 1. The summed E-state index contributed by atoms with van der Waals surface area (Å²) in [5.41, 5.74) is -0.222. The molecule has 0 aliphatic rings. The van der Waals surface area contributed by atoms with E-state index in [0.29, 0.717) is 0 Å². The van der Waals surface area contributed by atoms with Crippen LogP contribution in [-0.2, 0) is 9.53 Å². The summed E-state index contributed by atoms with van der Waals surface area (Å²) in [6.45, 7) is 0. The number of aromatic hydroxyl groups is 1. The van der Waals surface area contributed by atoms with Gasteiger partial charge in [-0.15, -0.1) is 0 Å². The zero-order chi connectivity index (χ0) is 11.4. The SMILES string of the molecule is COC(=O)CC(=O)c1cc(F)ccc1O. The van der Waals surface area contributed by atoms with Gasteiger partial charge in [0.25, 0.3) is 0 Å². The minimum absolute atomic E-state index is 0.222. The van der Waals surface area contributed by atoms with Crippen molar-refractivity contribution in [3.63, 3.8) is 0 Å². The van der Waals surface area contributed by atoms with Gasteiger partial charge in [0.2, 0.25) is 0 Å². The fraction of sp³-hybridized carbons (Fsp3) is 0.200. The summed E-state index contributed by atoms with van der Waals surface area (Å²) in [5.74, 6) is -2.42. The van der Waals surface area contributed by atoms with Crippen LogP contribution < -0.4 is 0 Å². The number of phenolic OH excluding ortho intramolecular Hbond substituents is 1. The maximum atomic E-state index is 12.7. The summed E-state index contributed by atoms with van der Waals surface area (Å²) in [7, 11) is 1.14. The molecule has 0 fully saturated rings. The van der Waals surface area contributed by atoms with Crippen molar-refractivity contribution in [2.75, 3.05) is 7.11 Å². The minimum Gasteiger partial charge on any atom is -0.507 e. The molecule has 0 saturated heterocycles. The molecule has 0 spiro atoms. The Kier molecular flexibility index (Phi) is 3.38. The van der Waals surface area contributed by atoms with Gasteiger partial charge in [0.15, 0.2) is 5.78 Å². The normalized spacial score (nSPS) is 9.73. The Morgan fingerprint density at radius 1 is 1.47 bits per heavy atom. The number of phenols is 1. The maximum Gasteiger partial charge on any atom is 0.313 e. The fourth-order valence-corrected chi connectivity index (χ4v) is 1.03. The number of halogens is 1. The van der Waals surface area contributed by atoms with E-state index in [2.05, 4.69) is 4.74 Å². The van der Waals surface area contributed by atoms with Gasteiger partial charge in [0.05, 0.1) is 12.7 Å².